The van der Waals surface area contributed by atoms with E-state index in [9.17, 15) is 9.18 Å². The molecular formula is C27H26ClFN4O2. The number of piperidine rings is 1. The van der Waals surface area contributed by atoms with Gasteiger partial charge in [-0.3, -0.25) is 4.79 Å². The molecule has 35 heavy (non-hydrogen) atoms. The third kappa shape index (κ3) is 4.73. The van der Waals surface area contributed by atoms with Gasteiger partial charge >= 0.3 is 0 Å². The van der Waals surface area contributed by atoms with Gasteiger partial charge in [0.15, 0.2) is 5.78 Å². The van der Waals surface area contributed by atoms with E-state index in [1.165, 1.54) is 18.2 Å². The van der Waals surface area contributed by atoms with Crippen molar-refractivity contribution in [2.45, 2.75) is 26.2 Å². The van der Waals surface area contributed by atoms with Gasteiger partial charge in [-0.05, 0) is 60.7 Å². The van der Waals surface area contributed by atoms with Crippen LogP contribution in [-0.4, -0.2) is 40.6 Å². The number of aromatic nitrogens is 3. The minimum atomic E-state index is -0.449. The van der Waals surface area contributed by atoms with E-state index in [2.05, 4.69) is 23.0 Å². The number of rotatable bonds is 6. The van der Waals surface area contributed by atoms with Crippen molar-refractivity contribution in [2.24, 2.45) is 5.41 Å². The number of methoxy groups -OCH3 is 1. The Morgan fingerprint density at radius 3 is 2.69 bits per heavy atom. The number of nitrogens with zero attached hydrogens (tertiary/aromatic N) is 4. The largest absolute Gasteiger partial charge is 0.495 e. The van der Waals surface area contributed by atoms with Gasteiger partial charge in [0.2, 0.25) is 0 Å². The molecule has 0 bridgehead atoms. The van der Waals surface area contributed by atoms with Crippen LogP contribution in [0.5, 0.6) is 5.75 Å². The second-order valence-corrected chi connectivity index (χ2v) is 9.79. The number of carbonyl (C=O) groups is 1. The number of benzene rings is 1. The van der Waals surface area contributed by atoms with Gasteiger partial charge in [-0.25, -0.2) is 13.9 Å². The highest BCUT2D eigenvalue weighted by atomic mass is 35.5. The van der Waals surface area contributed by atoms with Gasteiger partial charge in [-0.1, -0.05) is 18.5 Å². The van der Waals surface area contributed by atoms with Crippen LogP contribution in [0.3, 0.4) is 0 Å². The molecule has 0 saturated carbocycles. The van der Waals surface area contributed by atoms with Crippen LogP contribution in [0.4, 0.5) is 10.2 Å². The highest BCUT2D eigenvalue weighted by Gasteiger charge is 2.33. The molecule has 8 heteroatoms. The molecule has 0 amide bonds. The summed E-state index contributed by atoms with van der Waals surface area (Å²) in [6.07, 6.45) is 7.49. The van der Waals surface area contributed by atoms with Crippen LogP contribution in [0.2, 0.25) is 5.02 Å². The fourth-order valence-electron chi connectivity index (χ4n) is 4.73. The van der Waals surface area contributed by atoms with Crippen molar-refractivity contribution < 1.29 is 13.9 Å². The lowest BCUT2D eigenvalue weighted by molar-refractivity contribution is 0.0898. The molecular weight excluding hydrogens is 467 g/mol. The van der Waals surface area contributed by atoms with Gasteiger partial charge in [0.1, 0.15) is 17.4 Å². The van der Waals surface area contributed by atoms with Crippen LogP contribution in [0.15, 0.2) is 61.1 Å². The Morgan fingerprint density at radius 2 is 1.97 bits per heavy atom. The van der Waals surface area contributed by atoms with E-state index < -0.39 is 5.82 Å². The Bertz CT molecular complexity index is 1380. The van der Waals surface area contributed by atoms with Crippen LogP contribution >= 0.6 is 11.6 Å². The molecule has 0 unspecified atom stereocenters. The standard InChI is InChI=1S/C27H26ClFN4O2/c1-27(15-25(34)22-13-19(29)4-5-23(22)28)8-11-32(12-9-27)26-6-3-18(16-30-26)21-14-20(35-2)17-33-24(21)7-10-31-33/h3-7,10,13-14,16-17H,8-9,11-12,15H2,1-2H3. The predicted molar refractivity (Wildman–Crippen MR) is 135 cm³/mol. The molecule has 6 nitrogen and oxygen atoms in total. The van der Waals surface area contributed by atoms with Crippen LogP contribution in [0.1, 0.15) is 36.5 Å². The highest BCUT2D eigenvalue weighted by Crippen LogP contribution is 2.38. The Kier molecular flexibility index (Phi) is 6.19. The Morgan fingerprint density at radius 1 is 1.17 bits per heavy atom. The number of halogens is 2. The average molecular weight is 493 g/mol. The molecule has 0 spiro atoms. The van der Waals surface area contributed by atoms with E-state index in [-0.39, 0.29) is 16.8 Å². The zero-order chi connectivity index (χ0) is 24.6. The number of carbonyl (C=O) groups excluding carboxylic acids is 1. The molecule has 3 aromatic heterocycles. The summed E-state index contributed by atoms with van der Waals surface area (Å²) in [6, 6.07) is 12.0. The summed E-state index contributed by atoms with van der Waals surface area (Å²) in [6.45, 7) is 3.70. The van der Waals surface area contributed by atoms with Gasteiger partial charge in [-0.15, -0.1) is 0 Å². The minimum Gasteiger partial charge on any atom is -0.495 e. The molecule has 180 valence electrons. The minimum absolute atomic E-state index is 0.114. The number of hydrogen-bond acceptors (Lipinski definition) is 5. The van der Waals surface area contributed by atoms with E-state index in [4.69, 9.17) is 21.3 Å². The summed E-state index contributed by atoms with van der Waals surface area (Å²) in [4.78, 5) is 19.8. The molecule has 1 aromatic carbocycles. The van der Waals surface area contributed by atoms with Gasteiger partial charge in [0.05, 0.1) is 30.0 Å². The first kappa shape index (κ1) is 23.3. The Labute approximate surface area is 208 Å². The second kappa shape index (κ2) is 9.30. The van der Waals surface area contributed by atoms with Gasteiger partial charge in [0, 0.05) is 42.4 Å². The highest BCUT2D eigenvalue weighted by molar-refractivity contribution is 6.34. The lowest BCUT2D eigenvalue weighted by atomic mass is 9.75. The van der Waals surface area contributed by atoms with Crippen LogP contribution in [0.25, 0.3) is 16.6 Å². The predicted octanol–water partition coefficient (Wildman–Crippen LogP) is 6.08. The molecule has 1 fully saturated rings. The first-order chi connectivity index (χ1) is 16.8. The fourth-order valence-corrected chi connectivity index (χ4v) is 4.95. The molecule has 0 radical (unpaired) electrons. The lowest BCUT2D eigenvalue weighted by Gasteiger charge is -2.39. The van der Waals surface area contributed by atoms with E-state index in [1.807, 2.05) is 30.6 Å². The molecule has 0 atom stereocenters. The number of fused-ring (bicyclic) bond motifs is 1. The molecule has 1 aliphatic heterocycles. The monoisotopic (exact) mass is 492 g/mol. The number of hydrogen-bond donors (Lipinski definition) is 0. The summed E-state index contributed by atoms with van der Waals surface area (Å²) in [5, 5.41) is 4.62. The molecule has 0 N–H and O–H groups in total. The quantitative estimate of drug-likeness (QED) is 0.305. The number of ether oxygens (including phenoxy) is 1. The van der Waals surface area contributed by atoms with E-state index in [0.717, 1.165) is 54.1 Å². The second-order valence-electron chi connectivity index (χ2n) is 9.38. The lowest BCUT2D eigenvalue weighted by Crippen LogP contribution is -2.40. The number of Topliss-reactive ketones (excluding diaryl/α,β-unsaturated/α-hetero) is 1. The summed E-state index contributed by atoms with van der Waals surface area (Å²) >= 11 is 6.14. The van der Waals surface area contributed by atoms with Crippen LogP contribution in [-0.2, 0) is 0 Å². The fraction of sp³-hybridized carbons (Fsp3) is 0.296. The molecule has 5 rings (SSSR count). The van der Waals surface area contributed by atoms with Crippen molar-refractivity contribution in [3.8, 4) is 16.9 Å². The SMILES string of the molecule is COc1cc(-c2ccc(N3CCC(C)(CC(=O)c4cc(F)ccc4Cl)CC3)nc2)c2ccnn2c1. The Hall–Kier alpha value is -3.45. The van der Waals surface area contributed by atoms with Crippen LogP contribution < -0.4 is 9.64 Å². The zero-order valence-corrected chi connectivity index (χ0v) is 20.4. The topological polar surface area (TPSA) is 59.7 Å². The van der Waals surface area contributed by atoms with Crippen molar-refractivity contribution in [3.63, 3.8) is 0 Å². The maximum atomic E-state index is 13.6. The molecule has 0 aliphatic carbocycles. The van der Waals surface area contributed by atoms with Gasteiger partial charge < -0.3 is 9.64 Å². The van der Waals surface area contributed by atoms with E-state index >= 15 is 0 Å². The summed E-state index contributed by atoms with van der Waals surface area (Å²) in [7, 11) is 1.64. The molecule has 1 saturated heterocycles. The summed E-state index contributed by atoms with van der Waals surface area (Å²) in [5.41, 5.74) is 3.06. The number of pyridine rings is 2. The molecule has 1 aliphatic rings. The van der Waals surface area contributed by atoms with Crippen LogP contribution in [0, 0.1) is 11.2 Å². The number of anilines is 1. The Balaban J connectivity index is 1.27. The zero-order valence-electron chi connectivity index (χ0n) is 19.7. The van der Waals surface area contributed by atoms with E-state index in [0.29, 0.717) is 11.4 Å². The van der Waals surface area contributed by atoms with Gasteiger partial charge in [-0.2, -0.15) is 5.10 Å². The maximum Gasteiger partial charge on any atom is 0.165 e. The first-order valence-electron chi connectivity index (χ1n) is 11.6. The maximum absolute atomic E-state index is 13.6. The summed E-state index contributed by atoms with van der Waals surface area (Å²) < 4.78 is 20.8. The number of ketones is 1. The van der Waals surface area contributed by atoms with E-state index in [1.54, 1.807) is 17.8 Å². The normalized spacial score (nSPS) is 15.4. The third-order valence-corrected chi connectivity index (χ3v) is 7.22. The first-order valence-corrected chi connectivity index (χ1v) is 11.9. The molecule has 4 heterocycles. The average Bonchev–Trinajstić information content (AvgIpc) is 3.34. The van der Waals surface area contributed by atoms with Crippen molar-refractivity contribution in [1.29, 1.82) is 0 Å². The molecule has 4 aromatic rings. The van der Waals surface area contributed by atoms with Crippen molar-refractivity contribution in [2.75, 3.05) is 25.1 Å². The van der Waals surface area contributed by atoms with Gasteiger partial charge in [0.25, 0.3) is 0 Å². The smallest absolute Gasteiger partial charge is 0.165 e. The van der Waals surface area contributed by atoms with Crippen molar-refractivity contribution in [1.82, 2.24) is 14.6 Å². The van der Waals surface area contributed by atoms with Crippen molar-refractivity contribution in [3.05, 3.63) is 77.5 Å². The summed E-state index contributed by atoms with van der Waals surface area (Å²) in [5.74, 6) is 1.07. The third-order valence-electron chi connectivity index (χ3n) is 6.89. The van der Waals surface area contributed by atoms with Crippen molar-refractivity contribution >= 4 is 28.7 Å².